The third-order valence-corrected chi connectivity index (χ3v) is 4.65. The molecule has 0 aromatic heterocycles. The Morgan fingerprint density at radius 1 is 0.656 bits per heavy atom. The van der Waals surface area contributed by atoms with Crippen LogP contribution in [0, 0.1) is 0 Å². The van der Waals surface area contributed by atoms with Crippen LogP contribution in [-0.2, 0) is 0 Å². The Labute approximate surface area is 183 Å². The van der Waals surface area contributed by atoms with Crippen LogP contribution in [0.4, 0.5) is 0 Å². The average molecular weight is 432 g/mol. The van der Waals surface area contributed by atoms with Gasteiger partial charge in [0, 0.05) is 12.2 Å². The van der Waals surface area contributed by atoms with Crippen LogP contribution in [0.3, 0.4) is 0 Å². The number of rotatable bonds is 7. The first-order chi connectivity index (χ1) is 15.3. The van der Waals surface area contributed by atoms with Crippen molar-refractivity contribution in [1.29, 1.82) is 0 Å². The topological polar surface area (TPSA) is 124 Å². The number of hydrogen-bond acceptors (Lipinski definition) is 7. The van der Waals surface area contributed by atoms with Crippen LogP contribution in [0.25, 0.3) is 11.5 Å². The highest BCUT2D eigenvalue weighted by molar-refractivity contribution is 6.10. The number of allylic oxidation sites excluding steroid dienone is 2. The molecule has 0 heterocycles. The first kappa shape index (κ1) is 22.2. The van der Waals surface area contributed by atoms with Gasteiger partial charge in [-0.05, 0) is 36.4 Å². The fourth-order valence-electron chi connectivity index (χ4n) is 3.08. The lowest BCUT2D eigenvalue weighted by Crippen LogP contribution is -2.02. The Morgan fingerprint density at radius 2 is 1.03 bits per heavy atom. The van der Waals surface area contributed by atoms with E-state index in [0.29, 0.717) is 0 Å². The number of ether oxygens (including phenoxy) is 1. The second-order valence-corrected chi connectivity index (χ2v) is 6.71. The molecule has 162 valence electrons. The van der Waals surface area contributed by atoms with E-state index < -0.39 is 23.1 Å². The maximum Gasteiger partial charge on any atom is 0.193 e. The van der Waals surface area contributed by atoms with Gasteiger partial charge >= 0.3 is 0 Å². The standard InChI is InChI=1S/C25H20O7/c1-32-25-17(23(30)13-21(28)15-7-2-4-11-19(15)26)9-6-10-18(25)24(31)14-22(29)16-8-3-5-12-20(16)27/h2-14,26-27,30-31H,1H3. The number of aliphatic hydroxyl groups excluding tert-OH is 2. The molecule has 0 fully saturated rings. The summed E-state index contributed by atoms with van der Waals surface area (Å²) in [5.74, 6) is -2.64. The van der Waals surface area contributed by atoms with E-state index in [-0.39, 0.29) is 39.5 Å². The van der Waals surface area contributed by atoms with Crippen molar-refractivity contribution < 1.29 is 34.8 Å². The molecule has 32 heavy (non-hydrogen) atoms. The van der Waals surface area contributed by atoms with Gasteiger partial charge in [-0.3, -0.25) is 9.59 Å². The van der Waals surface area contributed by atoms with Crippen LogP contribution in [-0.4, -0.2) is 39.1 Å². The quantitative estimate of drug-likeness (QED) is 0.243. The van der Waals surface area contributed by atoms with Gasteiger partial charge in [-0.25, -0.2) is 0 Å². The maximum atomic E-state index is 12.4. The molecule has 4 N–H and O–H groups in total. The molecule has 0 radical (unpaired) electrons. The Kier molecular flexibility index (Phi) is 6.60. The van der Waals surface area contributed by atoms with E-state index in [2.05, 4.69) is 0 Å². The highest BCUT2D eigenvalue weighted by Crippen LogP contribution is 2.33. The average Bonchev–Trinajstić information content (AvgIpc) is 2.78. The first-order valence-corrected chi connectivity index (χ1v) is 9.47. The molecule has 0 bridgehead atoms. The summed E-state index contributed by atoms with van der Waals surface area (Å²) in [6.45, 7) is 0. The van der Waals surface area contributed by atoms with Crippen molar-refractivity contribution in [3.05, 3.63) is 101 Å². The van der Waals surface area contributed by atoms with Crippen molar-refractivity contribution in [2.45, 2.75) is 0 Å². The summed E-state index contributed by atoms with van der Waals surface area (Å²) in [6, 6.07) is 16.2. The number of phenols is 2. The number of aromatic hydroxyl groups is 2. The van der Waals surface area contributed by atoms with Crippen molar-refractivity contribution in [1.82, 2.24) is 0 Å². The van der Waals surface area contributed by atoms with E-state index in [0.717, 1.165) is 12.2 Å². The van der Waals surface area contributed by atoms with Crippen molar-refractivity contribution in [2.75, 3.05) is 7.11 Å². The van der Waals surface area contributed by atoms with Crippen LogP contribution in [0.15, 0.2) is 78.9 Å². The van der Waals surface area contributed by atoms with Crippen molar-refractivity contribution in [3.63, 3.8) is 0 Å². The summed E-state index contributed by atoms with van der Waals surface area (Å²) < 4.78 is 5.32. The summed E-state index contributed by atoms with van der Waals surface area (Å²) in [7, 11) is 1.30. The number of benzene rings is 3. The third-order valence-electron chi connectivity index (χ3n) is 4.65. The van der Waals surface area contributed by atoms with E-state index in [1.54, 1.807) is 24.3 Å². The van der Waals surface area contributed by atoms with Gasteiger partial charge in [0.25, 0.3) is 0 Å². The number of carbonyl (C=O) groups is 2. The Balaban J connectivity index is 1.99. The molecule has 3 aromatic rings. The minimum Gasteiger partial charge on any atom is -0.507 e. The zero-order valence-electron chi connectivity index (χ0n) is 17.0. The molecule has 0 unspecified atom stereocenters. The second-order valence-electron chi connectivity index (χ2n) is 6.71. The number of phenolic OH excluding ortho intramolecular Hbond substituents is 2. The smallest absolute Gasteiger partial charge is 0.193 e. The molecule has 0 saturated carbocycles. The predicted molar refractivity (Wildman–Crippen MR) is 119 cm³/mol. The van der Waals surface area contributed by atoms with Gasteiger partial charge in [-0.15, -0.1) is 0 Å². The fraction of sp³-hybridized carbons (Fsp3) is 0.0400. The van der Waals surface area contributed by atoms with Gasteiger partial charge in [0.05, 0.1) is 29.4 Å². The fourth-order valence-corrected chi connectivity index (χ4v) is 3.08. The molecular formula is C25H20O7. The molecule has 0 amide bonds. The summed E-state index contributed by atoms with van der Waals surface area (Å²) in [5.41, 5.74) is 0.183. The lowest BCUT2D eigenvalue weighted by Gasteiger charge is -2.13. The molecule has 0 atom stereocenters. The normalized spacial score (nSPS) is 11.8. The van der Waals surface area contributed by atoms with Crippen molar-refractivity contribution in [2.24, 2.45) is 0 Å². The molecule has 3 aromatic carbocycles. The summed E-state index contributed by atoms with van der Waals surface area (Å²) in [5, 5.41) is 40.7. The van der Waals surface area contributed by atoms with E-state index in [1.165, 1.54) is 49.6 Å². The number of carbonyl (C=O) groups excluding carboxylic acids is 2. The monoisotopic (exact) mass is 432 g/mol. The van der Waals surface area contributed by atoms with Gasteiger partial charge < -0.3 is 25.2 Å². The highest BCUT2D eigenvalue weighted by atomic mass is 16.5. The first-order valence-electron chi connectivity index (χ1n) is 9.47. The number of para-hydroxylation sites is 3. The Bertz CT molecular complexity index is 1150. The van der Waals surface area contributed by atoms with Gasteiger partial charge in [-0.2, -0.15) is 0 Å². The number of aliphatic hydroxyl groups is 2. The number of ketones is 2. The summed E-state index contributed by atoms with van der Waals surface area (Å²) in [4.78, 5) is 24.9. The van der Waals surface area contributed by atoms with Gasteiger partial charge in [-0.1, -0.05) is 30.3 Å². The van der Waals surface area contributed by atoms with Gasteiger partial charge in [0.1, 0.15) is 28.8 Å². The molecule has 0 spiro atoms. The molecule has 0 aliphatic carbocycles. The van der Waals surface area contributed by atoms with Crippen LogP contribution in [0.1, 0.15) is 31.8 Å². The van der Waals surface area contributed by atoms with E-state index in [4.69, 9.17) is 4.74 Å². The van der Waals surface area contributed by atoms with E-state index in [9.17, 15) is 30.0 Å². The van der Waals surface area contributed by atoms with E-state index in [1.807, 2.05) is 0 Å². The Morgan fingerprint density at radius 3 is 1.41 bits per heavy atom. The second kappa shape index (κ2) is 9.53. The minimum absolute atomic E-state index is 0.00480. The molecule has 0 aliphatic rings. The molecule has 7 nitrogen and oxygen atoms in total. The van der Waals surface area contributed by atoms with Crippen LogP contribution < -0.4 is 4.74 Å². The van der Waals surface area contributed by atoms with E-state index >= 15 is 0 Å². The minimum atomic E-state index is -0.637. The lowest BCUT2D eigenvalue weighted by molar-refractivity contribution is 0.103. The lowest BCUT2D eigenvalue weighted by atomic mass is 10.0. The number of methoxy groups -OCH3 is 1. The maximum absolute atomic E-state index is 12.4. The molecule has 3 rings (SSSR count). The molecule has 7 heteroatoms. The summed E-state index contributed by atoms with van der Waals surface area (Å²) >= 11 is 0. The summed E-state index contributed by atoms with van der Waals surface area (Å²) in [6.07, 6.45) is 1.84. The van der Waals surface area contributed by atoms with Gasteiger partial charge in [0.15, 0.2) is 11.6 Å². The van der Waals surface area contributed by atoms with Crippen LogP contribution in [0.5, 0.6) is 17.2 Å². The van der Waals surface area contributed by atoms with Crippen molar-refractivity contribution in [3.8, 4) is 17.2 Å². The van der Waals surface area contributed by atoms with Gasteiger partial charge in [0.2, 0.25) is 0 Å². The largest absolute Gasteiger partial charge is 0.507 e. The van der Waals surface area contributed by atoms with Crippen LogP contribution in [0.2, 0.25) is 0 Å². The Hall–Kier alpha value is -4.52. The van der Waals surface area contributed by atoms with Crippen molar-refractivity contribution >= 4 is 23.1 Å². The number of hydrogen-bond donors (Lipinski definition) is 4. The zero-order chi connectivity index (χ0) is 23.3. The zero-order valence-corrected chi connectivity index (χ0v) is 17.0. The molecule has 0 saturated heterocycles. The predicted octanol–water partition coefficient (Wildman–Crippen LogP) is 4.67. The SMILES string of the molecule is COc1c(C(O)=CC(=O)c2ccccc2O)cccc1C(O)=CC(=O)c1ccccc1O. The van der Waals surface area contributed by atoms with Crippen LogP contribution >= 0.6 is 0 Å². The highest BCUT2D eigenvalue weighted by Gasteiger charge is 2.18. The molecule has 0 aliphatic heterocycles. The third kappa shape index (κ3) is 4.62. The molecular weight excluding hydrogens is 412 g/mol.